The van der Waals surface area contributed by atoms with Gasteiger partial charge >= 0.3 is 0 Å². The number of hydrogen-bond acceptors (Lipinski definition) is 4. The average Bonchev–Trinajstić information content (AvgIpc) is 2.69. The summed E-state index contributed by atoms with van der Waals surface area (Å²) in [6.07, 6.45) is 7.37. The number of amides is 1. The van der Waals surface area contributed by atoms with Crippen LogP contribution in [0.5, 0.6) is 0 Å². The molecule has 1 aromatic carbocycles. The fourth-order valence-corrected chi connectivity index (χ4v) is 5.13. The summed E-state index contributed by atoms with van der Waals surface area (Å²) in [4.78, 5) is 14.0. The first-order chi connectivity index (χ1) is 13.5. The normalized spacial score (nSPS) is 28.4. The Labute approximate surface area is 170 Å². The Morgan fingerprint density at radius 3 is 2.68 bits per heavy atom. The van der Waals surface area contributed by atoms with Crippen LogP contribution in [0.1, 0.15) is 56.9 Å². The van der Waals surface area contributed by atoms with Crippen LogP contribution < -0.4 is 4.72 Å². The number of hydrogen-bond donors (Lipinski definition) is 1. The Hall–Kier alpha value is -1.18. The summed E-state index contributed by atoms with van der Waals surface area (Å²) in [5.74, 6) is -1.35. The topological polar surface area (TPSA) is 41.6 Å². The van der Waals surface area contributed by atoms with Crippen LogP contribution in [-0.4, -0.2) is 48.4 Å². The molecule has 1 aliphatic heterocycles. The predicted molar refractivity (Wildman–Crippen MR) is 108 cm³/mol. The highest BCUT2D eigenvalue weighted by atomic mass is 32.2. The van der Waals surface area contributed by atoms with Crippen LogP contribution >= 0.6 is 11.9 Å². The van der Waals surface area contributed by atoms with Crippen molar-refractivity contribution in [3.8, 4) is 0 Å². The molecule has 1 saturated carbocycles. The standard InChI is InChI=1S/C21H30F2N2O2S/c1-14(26)25-12-4-7-19(24-28-2)20(25)13-27-16-10-8-15(9-11-16)17-5-3-6-18(22)21(17)23/h3,5-6,15-16,19-20,24H,4,7-13H2,1-2H3. The number of ether oxygens (including phenoxy) is 1. The predicted octanol–water partition coefficient (Wildman–Crippen LogP) is 4.25. The van der Waals surface area contributed by atoms with Gasteiger partial charge in [0, 0.05) is 19.5 Å². The van der Waals surface area contributed by atoms with Crippen molar-refractivity contribution in [3.05, 3.63) is 35.4 Å². The summed E-state index contributed by atoms with van der Waals surface area (Å²) in [6.45, 7) is 2.91. The summed E-state index contributed by atoms with van der Waals surface area (Å²) in [5.41, 5.74) is 0.484. The lowest BCUT2D eigenvalue weighted by Gasteiger charge is -2.41. The molecule has 0 aromatic heterocycles. The van der Waals surface area contributed by atoms with E-state index in [0.717, 1.165) is 51.1 Å². The van der Waals surface area contributed by atoms with E-state index in [4.69, 9.17) is 4.74 Å². The van der Waals surface area contributed by atoms with Crippen LogP contribution in [0.15, 0.2) is 18.2 Å². The van der Waals surface area contributed by atoms with Crippen molar-refractivity contribution in [2.24, 2.45) is 0 Å². The van der Waals surface area contributed by atoms with Gasteiger partial charge in [-0.1, -0.05) is 24.1 Å². The van der Waals surface area contributed by atoms with Crippen LogP contribution in [0.2, 0.25) is 0 Å². The Morgan fingerprint density at radius 1 is 1.25 bits per heavy atom. The van der Waals surface area contributed by atoms with Crippen molar-refractivity contribution >= 4 is 17.9 Å². The maximum Gasteiger partial charge on any atom is 0.219 e. The van der Waals surface area contributed by atoms with Gasteiger partial charge in [-0.15, -0.1) is 0 Å². The molecule has 4 nitrogen and oxygen atoms in total. The Balaban J connectivity index is 1.55. The molecule has 1 amide bonds. The quantitative estimate of drug-likeness (QED) is 0.709. The molecule has 156 valence electrons. The summed E-state index contributed by atoms with van der Waals surface area (Å²) >= 11 is 1.58. The minimum absolute atomic E-state index is 0.0390. The zero-order chi connectivity index (χ0) is 20.1. The van der Waals surface area contributed by atoms with E-state index in [2.05, 4.69) is 4.72 Å². The third kappa shape index (κ3) is 5.05. The van der Waals surface area contributed by atoms with E-state index in [0.29, 0.717) is 12.2 Å². The molecule has 1 aliphatic carbocycles. The number of piperidine rings is 1. The monoisotopic (exact) mass is 412 g/mol. The third-order valence-electron chi connectivity index (χ3n) is 6.05. The second-order valence-corrected chi connectivity index (χ2v) is 8.44. The molecule has 0 radical (unpaired) electrons. The van der Waals surface area contributed by atoms with Gasteiger partial charge in [-0.25, -0.2) is 8.78 Å². The molecule has 1 aromatic rings. The highest BCUT2D eigenvalue weighted by molar-refractivity contribution is 7.96. The maximum atomic E-state index is 14.1. The number of carbonyl (C=O) groups is 1. The van der Waals surface area contributed by atoms with Gasteiger partial charge in [0.25, 0.3) is 0 Å². The largest absolute Gasteiger partial charge is 0.376 e. The number of halogens is 2. The van der Waals surface area contributed by atoms with Gasteiger partial charge in [-0.3, -0.25) is 9.52 Å². The SMILES string of the molecule is CSNC1CCCN(C(C)=O)C1COC1CCC(c2cccc(F)c2F)CC1. The first-order valence-electron chi connectivity index (χ1n) is 10.1. The highest BCUT2D eigenvalue weighted by Gasteiger charge is 2.34. The van der Waals surface area contributed by atoms with Gasteiger partial charge in [0.15, 0.2) is 11.6 Å². The first kappa shape index (κ1) is 21.5. The van der Waals surface area contributed by atoms with E-state index in [-0.39, 0.29) is 30.0 Å². The molecule has 2 aliphatic rings. The number of rotatable bonds is 6. The Kier molecular flexibility index (Phi) is 7.71. The minimum atomic E-state index is -0.773. The number of nitrogens with one attached hydrogen (secondary N) is 1. The molecule has 1 N–H and O–H groups in total. The second-order valence-electron chi connectivity index (χ2n) is 7.80. The average molecular weight is 413 g/mol. The minimum Gasteiger partial charge on any atom is -0.376 e. The lowest BCUT2D eigenvalue weighted by Crippen LogP contribution is -2.56. The van der Waals surface area contributed by atoms with Crippen LogP contribution in [0.3, 0.4) is 0 Å². The van der Waals surface area contributed by atoms with Crippen LogP contribution in [-0.2, 0) is 9.53 Å². The molecular weight excluding hydrogens is 382 g/mol. The van der Waals surface area contributed by atoms with E-state index < -0.39 is 11.6 Å². The summed E-state index contributed by atoms with van der Waals surface area (Å²) < 4.78 is 37.2. The van der Waals surface area contributed by atoms with Crippen molar-refractivity contribution < 1.29 is 18.3 Å². The number of benzene rings is 1. The molecule has 2 atom stereocenters. The van der Waals surface area contributed by atoms with E-state index in [1.165, 1.54) is 0 Å². The third-order valence-corrected chi connectivity index (χ3v) is 6.59. The maximum absolute atomic E-state index is 14.1. The summed E-state index contributed by atoms with van der Waals surface area (Å²) in [6, 6.07) is 4.70. The number of likely N-dealkylation sites (tertiary alicyclic amines) is 1. The van der Waals surface area contributed by atoms with Gasteiger partial charge in [-0.2, -0.15) is 0 Å². The molecule has 1 heterocycles. The van der Waals surface area contributed by atoms with E-state index >= 15 is 0 Å². The van der Waals surface area contributed by atoms with Crippen LogP contribution in [0.25, 0.3) is 0 Å². The molecule has 0 bridgehead atoms. The van der Waals surface area contributed by atoms with Crippen LogP contribution in [0.4, 0.5) is 8.78 Å². The second kappa shape index (κ2) is 10.0. The van der Waals surface area contributed by atoms with Crippen LogP contribution in [0, 0.1) is 11.6 Å². The Bertz CT molecular complexity index is 666. The van der Waals surface area contributed by atoms with Crippen molar-refractivity contribution in [1.29, 1.82) is 0 Å². The zero-order valence-electron chi connectivity index (χ0n) is 16.6. The van der Waals surface area contributed by atoms with Crippen molar-refractivity contribution in [2.45, 2.75) is 69.6 Å². The lowest BCUT2D eigenvalue weighted by molar-refractivity contribution is -0.136. The van der Waals surface area contributed by atoms with E-state index in [1.807, 2.05) is 11.2 Å². The highest BCUT2D eigenvalue weighted by Crippen LogP contribution is 2.36. The molecule has 2 unspecified atom stereocenters. The van der Waals surface area contributed by atoms with Gasteiger partial charge in [0.1, 0.15) is 0 Å². The number of carbonyl (C=O) groups excluding carboxylic acids is 1. The van der Waals surface area contributed by atoms with E-state index in [1.54, 1.807) is 31.0 Å². The van der Waals surface area contributed by atoms with Gasteiger partial charge in [0.05, 0.1) is 18.8 Å². The summed E-state index contributed by atoms with van der Waals surface area (Å²) in [7, 11) is 0. The van der Waals surface area contributed by atoms with Crippen molar-refractivity contribution in [1.82, 2.24) is 9.62 Å². The van der Waals surface area contributed by atoms with Gasteiger partial charge < -0.3 is 9.64 Å². The van der Waals surface area contributed by atoms with E-state index in [9.17, 15) is 13.6 Å². The van der Waals surface area contributed by atoms with Crippen molar-refractivity contribution in [2.75, 3.05) is 19.4 Å². The van der Waals surface area contributed by atoms with Gasteiger partial charge in [-0.05, 0) is 62.3 Å². The first-order valence-corrected chi connectivity index (χ1v) is 11.3. The molecule has 0 spiro atoms. The van der Waals surface area contributed by atoms with Gasteiger partial charge in [0.2, 0.25) is 5.91 Å². The lowest BCUT2D eigenvalue weighted by atomic mass is 9.82. The molecule has 1 saturated heterocycles. The smallest absolute Gasteiger partial charge is 0.219 e. The molecule has 28 heavy (non-hydrogen) atoms. The number of nitrogens with zero attached hydrogens (tertiary/aromatic N) is 1. The fraction of sp³-hybridized carbons (Fsp3) is 0.667. The molecule has 2 fully saturated rings. The molecule has 7 heteroatoms. The zero-order valence-corrected chi connectivity index (χ0v) is 17.4. The van der Waals surface area contributed by atoms with Crippen molar-refractivity contribution in [3.63, 3.8) is 0 Å². The molecule has 3 rings (SSSR count). The Morgan fingerprint density at radius 2 is 2.00 bits per heavy atom. The molecular formula is C21H30F2N2O2S. The fourth-order valence-electron chi connectivity index (χ4n) is 4.55. The summed E-state index contributed by atoms with van der Waals surface area (Å²) in [5, 5.41) is 0.